The van der Waals surface area contributed by atoms with Gasteiger partial charge in [0, 0.05) is 25.7 Å². The first-order valence-electron chi connectivity index (χ1n) is 6.88. The van der Waals surface area contributed by atoms with E-state index in [1.807, 2.05) is 20.8 Å². The van der Waals surface area contributed by atoms with Gasteiger partial charge in [0.1, 0.15) is 0 Å². The first kappa shape index (κ1) is 16.0. The molecular formula is C14H25NO4. The van der Waals surface area contributed by atoms with Crippen molar-refractivity contribution in [2.75, 3.05) is 19.8 Å². The summed E-state index contributed by atoms with van der Waals surface area (Å²) in [6, 6.07) is 0. The molecule has 1 atom stereocenters. The number of hydrogen-bond donors (Lipinski definition) is 2. The van der Waals surface area contributed by atoms with Gasteiger partial charge in [-0.25, -0.2) is 0 Å². The van der Waals surface area contributed by atoms with Gasteiger partial charge < -0.3 is 15.2 Å². The quantitative estimate of drug-likeness (QED) is 0.797. The van der Waals surface area contributed by atoms with Crippen molar-refractivity contribution in [3.63, 3.8) is 0 Å². The van der Waals surface area contributed by atoms with Crippen molar-refractivity contribution in [2.24, 2.45) is 17.3 Å². The Balaban J connectivity index is 2.42. The number of hydrogen-bond acceptors (Lipinski definition) is 3. The molecule has 19 heavy (non-hydrogen) atoms. The van der Waals surface area contributed by atoms with Gasteiger partial charge in [-0.05, 0) is 24.7 Å². The molecule has 5 nitrogen and oxygen atoms in total. The van der Waals surface area contributed by atoms with Crippen molar-refractivity contribution in [1.29, 1.82) is 0 Å². The fourth-order valence-electron chi connectivity index (χ4n) is 2.31. The summed E-state index contributed by atoms with van der Waals surface area (Å²) in [5, 5.41) is 12.0. The molecule has 1 heterocycles. The van der Waals surface area contributed by atoms with Crippen LogP contribution < -0.4 is 5.32 Å². The van der Waals surface area contributed by atoms with Crippen molar-refractivity contribution in [1.82, 2.24) is 5.32 Å². The zero-order valence-corrected chi connectivity index (χ0v) is 12.1. The molecule has 1 rings (SSSR count). The molecule has 1 aliphatic heterocycles. The first-order chi connectivity index (χ1) is 8.79. The number of carboxylic acids is 1. The normalized spacial score (nSPS) is 18.9. The zero-order valence-electron chi connectivity index (χ0n) is 12.1. The highest BCUT2D eigenvalue weighted by Gasteiger charge is 2.27. The molecule has 1 amide bonds. The molecular weight excluding hydrogens is 246 g/mol. The minimum Gasteiger partial charge on any atom is -0.481 e. The van der Waals surface area contributed by atoms with Gasteiger partial charge in [0.2, 0.25) is 5.91 Å². The van der Waals surface area contributed by atoms with Crippen LogP contribution in [0.2, 0.25) is 0 Å². The van der Waals surface area contributed by atoms with E-state index >= 15 is 0 Å². The molecule has 1 fully saturated rings. The van der Waals surface area contributed by atoms with Gasteiger partial charge in [0.05, 0.1) is 5.92 Å². The number of carbonyl (C=O) groups excluding carboxylic acids is 1. The Morgan fingerprint density at radius 2 is 1.89 bits per heavy atom. The summed E-state index contributed by atoms with van der Waals surface area (Å²) >= 11 is 0. The lowest BCUT2D eigenvalue weighted by Gasteiger charge is -2.25. The molecule has 0 aromatic heterocycles. The highest BCUT2D eigenvalue weighted by molar-refractivity contribution is 5.79. The molecule has 0 bridgehead atoms. The second-order valence-electron chi connectivity index (χ2n) is 6.43. The second kappa shape index (κ2) is 6.89. The highest BCUT2D eigenvalue weighted by atomic mass is 16.5. The third-order valence-corrected chi connectivity index (χ3v) is 3.32. The number of amides is 1. The number of rotatable bonds is 5. The van der Waals surface area contributed by atoms with Crippen LogP contribution in [-0.2, 0) is 14.3 Å². The number of nitrogens with one attached hydrogen (secondary N) is 1. The largest absolute Gasteiger partial charge is 0.481 e. The Morgan fingerprint density at radius 3 is 2.37 bits per heavy atom. The maximum Gasteiger partial charge on any atom is 0.308 e. The van der Waals surface area contributed by atoms with Crippen molar-refractivity contribution >= 4 is 11.9 Å². The van der Waals surface area contributed by atoms with E-state index in [1.165, 1.54) is 0 Å². The molecule has 0 aromatic carbocycles. The lowest BCUT2D eigenvalue weighted by molar-refractivity contribution is -0.143. The topological polar surface area (TPSA) is 75.6 Å². The van der Waals surface area contributed by atoms with Gasteiger partial charge in [-0.1, -0.05) is 20.8 Å². The Labute approximate surface area is 114 Å². The number of ether oxygens (including phenoxy) is 1. The average Bonchev–Trinajstić information content (AvgIpc) is 2.33. The lowest BCUT2D eigenvalue weighted by atomic mass is 9.84. The predicted octanol–water partition coefficient (Wildman–Crippen LogP) is 1.67. The summed E-state index contributed by atoms with van der Waals surface area (Å²) in [7, 11) is 0. The van der Waals surface area contributed by atoms with Crippen LogP contribution in [0.5, 0.6) is 0 Å². The average molecular weight is 271 g/mol. The van der Waals surface area contributed by atoms with Crippen molar-refractivity contribution < 1.29 is 19.4 Å². The molecule has 0 radical (unpaired) electrons. The molecule has 5 heteroatoms. The summed E-state index contributed by atoms with van der Waals surface area (Å²) in [6.07, 6.45) is 2.00. The monoisotopic (exact) mass is 271 g/mol. The molecule has 0 spiro atoms. The molecule has 2 N–H and O–H groups in total. The molecule has 0 aromatic rings. The van der Waals surface area contributed by atoms with Gasteiger partial charge in [0.15, 0.2) is 0 Å². The maximum absolute atomic E-state index is 11.9. The van der Waals surface area contributed by atoms with Crippen LogP contribution >= 0.6 is 0 Å². The van der Waals surface area contributed by atoms with Crippen molar-refractivity contribution in [2.45, 2.75) is 40.0 Å². The second-order valence-corrected chi connectivity index (χ2v) is 6.43. The van der Waals surface area contributed by atoms with E-state index in [4.69, 9.17) is 4.74 Å². The van der Waals surface area contributed by atoms with Gasteiger partial charge in [0.25, 0.3) is 0 Å². The summed E-state index contributed by atoms with van der Waals surface area (Å²) < 4.78 is 5.21. The van der Waals surface area contributed by atoms with Crippen LogP contribution in [0, 0.1) is 17.3 Å². The van der Waals surface area contributed by atoms with E-state index in [2.05, 4.69) is 5.32 Å². The Bertz CT molecular complexity index is 316. The summed E-state index contributed by atoms with van der Waals surface area (Å²) in [5.41, 5.74) is -0.0630. The maximum atomic E-state index is 11.9. The minimum absolute atomic E-state index is 0.0298. The molecule has 0 aliphatic carbocycles. The van der Waals surface area contributed by atoms with E-state index in [9.17, 15) is 14.7 Å². The Kier molecular flexibility index (Phi) is 5.79. The summed E-state index contributed by atoms with van der Waals surface area (Å²) in [5.74, 6) is -1.44. The molecule has 1 saturated heterocycles. The Morgan fingerprint density at radius 1 is 1.32 bits per heavy atom. The fourth-order valence-corrected chi connectivity index (χ4v) is 2.31. The van der Waals surface area contributed by atoms with Crippen LogP contribution in [0.15, 0.2) is 0 Å². The third kappa shape index (κ3) is 6.05. The summed E-state index contributed by atoms with van der Waals surface area (Å²) in [4.78, 5) is 23.1. The van der Waals surface area contributed by atoms with Crippen LogP contribution in [0.25, 0.3) is 0 Å². The number of carbonyl (C=O) groups is 2. The first-order valence-corrected chi connectivity index (χ1v) is 6.88. The minimum atomic E-state index is -0.845. The molecule has 1 aliphatic rings. The smallest absolute Gasteiger partial charge is 0.308 e. The van der Waals surface area contributed by atoms with Crippen LogP contribution in [-0.4, -0.2) is 36.7 Å². The van der Waals surface area contributed by atoms with Gasteiger partial charge in [-0.2, -0.15) is 0 Å². The van der Waals surface area contributed by atoms with Crippen molar-refractivity contribution in [3.8, 4) is 0 Å². The molecule has 1 unspecified atom stereocenters. The predicted molar refractivity (Wildman–Crippen MR) is 71.8 cm³/mol. The summed E-state index contributed by atoms with van der Waals surface area (Å²) in [6.45, 7) is 7.45. The van der Waals surface area contributed by atoms with Crippen LogP contribution in [0.4, 0.5) is 0 Å². The molecule has 0 saturated carbocycles. The van der Waals surface area contributed by atoms with E-state index < -0.39 is 11.9 Å². The third-order valence-electron chi connectivity index (χ3n) is 3.32. The van der Waals surface area contributed by atoms with Crippen LogP contribution in [0.1, 0.15) is 40.0 Å². The molecule has 110 valence electrons. The van der Waals surface area contributed by atoms with E-state index in [-0.39, 0.29) is 23.8 Å². The zero-order chi connectivity index (χ0) is 14.5. The van der Waals surface area contributed by atoms with E-state index in [0.717, 1.165) is 12.8 Å². The van der Waals surface area contributed by atoms with E-state index in [0.29, 0.717) is 19.6 Å². The number of aliphatic carboxylic acids is 1. The van der Waals surface area contributed by atoms with E-state index in [1.54, 1.807) is 0 Å². The highest BCUT2D eigenvalue weighted by Crippen LogP contribution is 2.24. The van der Waals surface area contributed by atoms with Gasteiger partial charge in [-0.3, -0.25) is 9.59 Å². The standard InChI is InChI=1S/C14H25NO4/c1-14(2,3)8-11(13(17)18)9-15-12(16)10-4-6-19-7-5-10/h10-11H,4-9H2,1-3H3,(H,15,16)(H,17,18). The SMILES string of the molecule is CC(C)(C)CC(CNC(=O)C1CCOCC1)C(=O)O. The van der Waals surface area contributed by atoms with Gasteiger partial charge >= 0.3 is 5.97 Å². The fraction of sp³-hybridized carbons (Fsp3) is 0.857. The Hall–Kier alpha value is -1.10. The number of carboxylic acid groups (broad SMARTS) is 1. The van der Waals surface area contributed by atoms with Crippen LogP contribution in [0.3, 0.4) is 0 Å². The lowest BCUT2D eigenvalue weighted by Crippen LogP contribution is -2.39. The van der Waals surface area contributed by atoms with Crippen molar-refractivity contribution in [3.05, 3.63) is 0 Å². The van der Waals surface area contributed by atoms with Gasteiger partial charge in [-0.15, -0.1) is 0 Å².